The van der Waals surface area contributed by atoms with Crippen molar-refractivity contribution in [3.05, 3.63) is 47.0 Å². The Kier molecular flexibility index (Phi) is 7.01. The molecular weight excluding hydrogens is 306 g/mol. The monoisotopic (exact) mass is 333 g/mol. The number of carboxylic acid groups (broad SMARTS) is 1. The van der Waals surface area contributed by atoms with Crippen LogP contribution < -0.4 is 5.32 Å². The molecule has 1 aromatic rings. The molecule has 0 aliphatic heterocycles. The standard InChI is InChI=1S/C19H27NO4/c1-6-15(13(2)17(21)22)16(12-14-10-8-7-9-11-14)20-18(23)24-19(3,4)5/h7-11,16H,6,12H2,1-5H3,(H,20,23)(H,21,22). The van der Waals surface area contributed by atoms with Gasteiger partial charge in [-0.3, -0.25) is 0 Å². The zero-order chi connectivity index (χ0) is 18.3. The summed E-state index contributed by atoms with van der Waals surface area (Å²) in [5.74, 6) is -0.976. The fourth-order valence-corrected chi connectivity index (χ4v) is 2.47. The minimum Gasteiger partial charge on any atom is -0.478 e. The number of carbonyl (C=O) groups is 2. The van der Waals surface area contributed by atoms with Crippen LogP contribution in [0.1, 0.15) is 46.6 Å². The molecule has 24 heavy (non-hydrogen) atoms. The van der Waals surface area contributed by atoms with Crippen LogP contribution in [0.3, 0.4) is 0 Å². The van der Waals surface area contributed by atoms with E-state index in [4.69, 9.17) is 4.74 Å². The zero-order valence-corrected chi connectivity index (χ0v) is 15.1. The second kappa shape index (κ2) is 8.52. The first-order valence-corrected chi connectivity index (χ1v) is 8.10. The van der Waals surface area contributed by atoms with Gasteiger partial charge >= 0.3 is 12.1 Å². The topological polar surface area (TPSA) is 75.6 Å². The highest BCUT2D eigenvalue weighted by Crippen LogP contribution is 2.19. The SMILES string of the molecule is CCC(=C(C)C(=O)O)C(Cc1ccccc1)NC(=O)OC(C)(C)C. The number of amides is 1. The highest BCUT2D eigenvalue weighted by molar-refractivity contribution is 5.87. The highest BCUT2D eigenvalue weighted by Gasteiger charge is 2.24. The van der Waals surface area contributed by atoms with Crippen LogP contribution in [0.15, 0.2) is 41.5 Å². The van der Waals surface area contributed by atoms with Crippen LogP contribution >= 0.6 is 0 Å². The van der Waals surface area contributed by atoms with Gasteiger partial charge in [-0.15, -0.1) is 0 Å². The summed E-state index contributed by atoms with van der Waals surface area (Å²) in [4.78, 5) is 23.5. The van der Waals surface area contributed by atoms with Crippen LogP contribution in [-0.4, -0.2) is 28.8 Å². The van der Waals surface area contributed by atoms with Gasteiger partial charge in [0.1, 0.15) is 5.60 Å². The molecule has 1 unspecified atom stereocenters. The second-order valence-corrected chi connectivity index (χ2v) is 6.70. The Morgan fingerprint density at radius 1 is 1.21 bits per heavy atom. The van der Waals surface area contributed by atoms with Gasteiger partial charge in [0.2, 0.25) is 0 Å². The average Bonchev–Trinajstić information content (AvgIpc) is 2.46. The summed E-state index contributed by atoms with van der Waals surface area (Å²) < 4.78 is 5.32. The van der Waals surface area contributed by atoms with Crippen molar-refractivity contribution in [1.82, 2.24) is 5.32 Å². The van der Waals surface area contributed by atoms with Gasteiger partial charge in [0.15, 0.2) is 0 Å². The van der Waals surface area contributed by atoms with Gasteiger partial charge in [-0.1, -0.05) is 37.3 Å². The van der Waals surface area contributed by atoms with E-state index in [-0.39, 0.29) is 5.57 Å². The Morgan fingerprint density at radius 2 is 1.79 bits per heavy atom. The lowest BCUT2D eigenvalue weighted by Crippen LogP contribution is -2.41. The fourth-order valence-electron chi connectivity index (χ4n) is 2.47. The molecular formula is C19H27NO4. The van der Waals surface area contributed by atoms with E-state index in [0.717, 1.165) is 5.56 Å². The third-order valence-electron chi connectivity index (χ3n) is 3.58. The van der Waals surface area contributed by atoms with Crippen molar-refractivity contribution in [2.75, 3.05) is 0 Å². The number of rotatable bonds is 6. The van der Waals surface area contributed by atoms with E-state index in [1.54, 1.807) is 27.7 Å². The number of carbonyl (C=O) groups excluding carboxylic acids is 1. The Bertz CT molecular complexity index is 600. The summed E-state index contributed by atoms with van der Waals surface area (Å²) in [6.45, 7) is 8.82. The Hall–Kier alpha value is -2.30. The molecule has 0 aromatic heterocycles. The van der Waals surface area contributed by atoms with Gasteiger partial charge < -0.3 is 15.2 Å². The number of hydrogen-bond donors (Lipinski definition) is 2. The van der Waals surface area contributed by atoms with Crippen LogP contribution in [0.25, 0.3) is 0 Å². The molecule has 0 saturated carbocycles. The van der Waals surface area contributed by atoms with E-state index in [9.17, 15) is 14.7 Å². The largest absolute Gasteiger partial charge is 0.478 e. The number of benzene rings is 1. The normalized spacial score (nSPS) is 13.7. The maximum Gasteiger partial charge on any atom is 0.408 e. The summed E-state index contributed by atoms with van der Waals surface area (Å²) >= 11 is 0. The van der Waals surface area contributed by atoms with Crippen molar-refractivity contribution in [2.45, 2.75) is 59.1 Å². The molecule has 0 spiro atoms. The van der Waals surface area contributed by atoms with Crippen LogP contribution in [0.2, 0.25) is 0 Å². The van der Waals surface area contributed by atoms with Crippen LogP contribution in [0.5, 0.6) is 0 Å². The number of ether oxygens (including phenoxy) is 1. The minimum absolute atomic E-state index is 0.259. The quantitative estimate of drug-likeness (QED) is 0.773. The minimum atomic E-state index is -0.976. The molecule has 1 rings (SSSR count). The molecule has 2 N–H and O–H groups in total. The predicted molar refractivity (Wildman–Crippen MR) is 93.9 cm³/mol. The lowest BCUT2D eigenvalue weighted by Gasteiger charge is -2.26. The third kappa shape index (κ3) is 6.44. The van der Waals surface area contributed by atoms with E-state index in [2.05, 4.69) is 5.32 Å². The molecule has 1 atom stereocenters. The molecule has 0 heterocycles. The molecule has 0 saturated heterocycles. The van der Waals surface area contributed by atoms with E-state index >= 15 is 0 Å². The maximum atomic E-state index is 12.2. The second-order valence-electron chi connectivity index (χ2n) is 6.70. The van der Waals surface area contributed by atoms with E-state index in [0.29, 0.717) is 18.4 Å². The predicted octanol–water partition coefficient (Wildman–Crippen LogP) is 3.93. The first kappa shape index (κ1) is 19.7. The van der Waals surface area contributed by atoms with E-state index < -0.39 is 23.7 Å². The summed E-state index contributed by atoms with van der Waals surface area (Å²) in [5, 5.41) is 12.1. The van der Waals surface area contributed by atoms with Gasteiger partial charge in [0.25, 0.3) is 0 Å². The van der Waals surface area contributed by atoms with E-state index in [1.165, 1.54) is 0 Å². The molecule has 132 valence electrons. The highest BCUT2D eigenvalue weighted by atomic mass is 16.6. The van der Waals surface area contributed by atoms with Crippen molar-refractivity contribution in [3.8, 4) is 0 Å². The third-order valence-corrected chi connectivity index (χ3v) is 3.58. The molecule has 5 heteroatoms. The summed E-state index contributed by atoms with van der Waals surface area (Å²) in [5.41, 5.74) is 1.36. The lowest BCUT2D eigenvalue weighted by molar-refractivity contribution is -0.132. The van der Waals surface area contributed by atoms with Crippen molar-refractivity contribution in [3.63, 3.8) is 0 Å². The first-order chi connectivity index (χ1) is 11.1. The van der Waals surface area contributed by atoms with Gasteiger partial charge in [-0.2, -0.15) is 0 Å². The summed E-state index contributed by atoms with van der Waals surface area (Å²) in [7, 11) is 0. The number of carboxylic acids is 1. The van der Waals surface area contributed by atoms with Gasteiger partial charge in [-0.05, 0) is 51.7 Å². The fraction of sp³-hybridized carbons (Fsp3) is 0.474. The Labute approximate surface area is 143 Å². The molecule has 5 nitrogen and oxygen atoms in total. The number of aliphatic carboxylic acids is 1. The molecule has 0 fully saturated rings. The van der Waals surface area contributed by atoms with Crippen LogP contribution in [0.4, 0.5) is 4.79 Å². The molecule has 0 aliphatic rings. The van der Waals surface area contributed by atoms with E-state index in [1.807, 2.05) is 37.3 Å². The Morgan fingerprint density at radius 3 is 2.25 bits per heavy atom. The van der Waals surface area contributed by atoms with Crippen LogP contribution in [-0.2, 0) is 16.0 Å². The van der Waals surface area contributed by atoms with Crippen LogP contribution in [0, 0.1) is 0 Å². The van der Waals surface area contributed by atoms with Gasteiger partial charge in [0, 0.05) is 5.57 Å². The average molecular weight is 333 g/mol. The number of nitrogens with one attached hydrogen (secondary N) is 1. The van der Waals surface area contributed by atoms with Crippen molar-refractivity contribution in [2.24, 2.45) is 0 Å². The number of alkyl carbamates (subject to hydrolysis) is 1. The molecule has 1 aromatic carbocycles. The summed E-state index contributed by atoms with van der Waals surface area (Å²) in [6, 6.07) is 9.22. The van der Waals surface area contributed by atoms with Gasteiger partial charge in [0.05, 0.1) is 6.04 Å². The Balaban J connectivity index is 3.09. The molecule has 0 aliphatic carbocycles. The van der Waals surface area contributed by atoms with Crippen molar-refractivity contribution < 1.29 is 19.4 Å². The number of hydrogen-bond acceptors (Lipinski definition) is 3. The lowest BCUT2D eigenvalue weighted by atomic mass is 9.93. The molecule has 0 bridgehead atoms. The molecule has 1 amide bonds. The zero-order valence-electron chi connectivity index (χ0n) is 15.1. The first-order valence-electron chi connectivity index (χ1n) is 8.10. The maximum absolute atomic E-state index is 12.2. The van der Waals surface area contributed by atoms with Gasteiger partial charge in [-0.25, -0.2) is 9.59 Å². The van der Waals surface area contributed by atoms with Crippen molar-refractivity contribution >= 4 is 12.1 Å². The molecule has 0 radical (unpaired) electrons. The summed E-state index contributed by atoms with van der Waals surface area (Å²) in [6.07, 6.45) is 0.492. The smallest absolute Gasteiger partial charge is 0.408 e. The van der Waals surface area contributed by atoms with Crippen molar-refractivity contribution in [1.29, 1.82) is 0 Å².